The summed E-state index contributed by atoms with van der Waals surface area (Å²) in [4.78, 5) is 29.4. The number of aromatic nitrogens is 1. The van der Waals surface area contributed by atoms with E-state index >= 15 is 0 Å². The third-order valence-electron chi connectivity index (χ3n) is 5.51. The van der Waals surface area contributed by atoms with Gasteiger partial charge in [-0.15, -0.1) is 0 Å². The van der Waals surface area contributed by atoms with Gasteiger partial charge in [-0.3, -0.25) is 9.59 Å². The molecule has 3 aromatic rings. The first-order chi connectivity index (χ1) is 14.7. The van der Waals surface area contributed by atoms with Crippen LogP contribution in [-0.4, -0.2) is 41.0 Å². The van der Waals surface area contributed by atoms with Crippen molar-refractivity contribution in [2.75, 3.05) is 18.0 Å². The number of anilines is 1. The highest BCUT2D eigenvalue weighted by Gasteiger charge is 2.36. The predicted molar refractivity (Wildman–Crippen MR) is 115 cm³/mol. The maximum Gasteiger partial charge on any atom is 0.276 e. The first-order valence-corrected chi connectivity index (χ1v) is 10.3. The Morgan fingerprint density at radius 1 is 1.10 bits per heavy atom. The zero-order valence-corrected chi connectivity index (χ0v) is 17.0. The molecule has 1 atom stereocenters. The van der Waals surface area contributed by atoms with Crippen LogP contribution in [0.25, 0.3) is 11.1 Å². The Morgan fingerprint density at radius 2 is 1.90 bits per heavy atom. The molecule has 0 radical (unpaired) electrons. The summed E-state index contributed by atoms with van der Waals surface area (Å²) < 4.78 is 4.82. The Morgan fingerprint density at radius 3 is 2.63 bits per heavy atom. The van der Waals surface area contributed by atoms with Crippen LogP contribution in [0.2, 0.25) is 0 Å². The van der Waals surface area contributed by atoms with E-state index in [9.17, 15) is 9.59 Å². The van der Waals surface area contributed by atoms with Crippen LogP contribution < -0.4 is 4.90 Å². The fourth-order valence-corrected chi connectivity index (χ4v) is 3.90. The lowest BCUT2D eigenvalue weighted by Gasteiger charge is -2.41. The smallest absolute Gasteiger partial charge is 0.276 e. The SMILES string of the molecule is CCCCC1CN(c2cccc(-c3ccccc3)c2)C(=O)CN1C(=O)c1ccon1. The number of carbonyl (C=O) groups excluding carboxylic acids is 2. The summed E-state index contributed by atoms with van der Waals surface area (Å²) in [6.07, 6.45) is 4.23. The maximum atomic E-state index is 13.0. The van der Waals surface area contributed by atoms with Crippen molar-refractivity contribution >= 4 is 17.5 Å². The topological polar surface area (TPSA) is 66.7 Å². The quantitative estimate of drug-likeness (QED) is 0.612. The lowest BCUT2D eigenvalue weighted by Crippen LogP contribution is -2.58. The molecule has 1 fully saturated rings. The van der Waals surface area contributed by atoms with E-state index in [1.165, 1.54) is 6.26 Å². The Labute approximate surface area is 176 Å². The second-order valence-electron chi connectivity index (χ2n) is 7.53. The molecule has 0 bridgehead atoms. The van der Waals surface area contributed by atoms with E-state index in [1.54, 1.807) is 15.9 Å². The van der Waals surface area contributed by atoms with Gasteiger partial charge >= 0.3 is 0 Å². The van der Waals surface area contributed by atoms with Gasteiger partial charge in [0.1, 0.15) is 12.8 Å². The van der Waals surface area contributed by atoms with Crippen molar-refractivity contribution in [3.05, 3.63) is 72.6 Å². The molecule has 4 rings (SSSR count). The number of amides is 2. The molecular weight excluding hydrogens is 378 g/mol. The second kappa shape index (κ2) is 8.95. The van der Waals surface area contributed by atoms with Crippen LogP contribution in [0, 0.1) is 0 Å². The van der Waals surface area contributed by atoms with E-state index in [0.717, 1.165) is 36.1 Å². The Bertz CT molecular complexity index is 1000. The Kier molecular flexibility index (Phi) is 5.93. The molecule has 1 aliphatic heterocycles. The second-order valence-corrected chi connectivity index (χ2v) is 7.53. The first-order valence-electron chi connectivity index (χ1n) is 10.3. The van der Waals surface area contributed by atoms with Gasteiger partial charge < -0.3 is 14.3 Å². The van der Waals surface area contributed by atoms with E-state index in [1.807, 2.05) is 42.5 Å². The Hall–Kier alpha value is -3.41. The van der Waals surface area contributed by atoms with Gasteiger partial charge in [-0.1, -0.05) is 67.4 Å². The van der Waals surface area contributed by atoms with Gasteiger partial charge in [0.15, 0.2) is 5.69 Å². The molecule has 2 heterocycles. The number of hydrogen-bond donors (Lipinski definition) is 0. The van der Waals surface area contributed by atoms with Crippen molar-refractivity contribution in [1.29, 1.82) is 0 Å². The number of unbranched alkanes of at least 4 members (excludes halogenated alkanes) is 1. The van der Waals surface area contributed by atoms with E-state index in [0.29, 0.717) is 6.54 Å². The lowest BCUT2D eigenvalue weighted by molar-refractivity contribution is -0.121. The van der Waals surface area contributed by atoms with Crippen LogP contribution in [0.3, 0.4) is 0 Å². The molecule has 1 saturated heterocycles. The van der Waals surface area contributed by atoms with Crippen LogP contribution >= 0.6 is 0 Å². The summed E-state index contributed by atoms with van der Waals surface area (Å²) in [5.41, 5.74) is 3.27. The van der Waals surface area contributed by atoms with Crippen LogP contribution in [0.4, 0.5) is 5.69 Å². The molecule has 1 aromatic heterocycles. The minimum atomic E-state index is -0.254. The molecule has 6 heteroatoms. The van der Waals surface area contributed by atoms with Crippen LogP contribution in [-0.2, 0) is 4.79 Å². The highest BCUT2D eigenvalue weighted by Crippen LogP contribution is 2.28. The van der Waals surface area contributed by atoms with Crippen molar-refractivity contribution in [2.24, 2.45) is 0 Å². The van der Waals surface area contributed by atoms with Crippen molar-refractivity contribution in [3.63, 3.8) is 0 Å². The molecule has 6 nitrogen and oxygen atoms in total. The number of rotatable bonds is 6. The van der Waals surface area contributed by atoms with Crippen molar-refractivity contribution < 1.29 is 14.1 Å². The molecular formula is C24H25N3O3. The van der Waals surface area contributed by atoms with Gasteiger partial charge in [0.25, 0.3) is 5.91 Å². The van der Waals surface area contributed by atoms with E-state index < -0.39 is 0 Å². The van der Waals surface area contributed by atoms with Crippen molar-refractivity contribution in [1.82, 2.24) is 10.1 Å². The van der Waals surface area contributed by atoms with Gasteiger partial charge in [-0.25, -0.2) is 0 Å². The number of nitrogens with zero attached hydrogens (tertiary/aromatic N) is 3. The number of piperazine rings is 1. The third-order valence-corrected chi connectivity index (χ3v) is 5.51. The average molecular weight is 403 g/mol. The summed E-state index contributed by atoms with van der Waals surface area (Å²) in [6.45, 7) is 2.63. The molecule has 0 N–H and O–H groups in total. The molecule has 1 aliphatic rings. The maximum absolute atomic E-state index is 13.0. The van der Waals surface area contributed by atoms with E-state index in [4.69, 9.17) is 4.52 Å². The van der Waals surface area contributed by atoms with Crippen LogP contribution in [0.5, 0.6) is 0 Å². The minimum absolute atomic E-state index is 0.0373. The van der Waals surface area contributed by atoms with Gasteiger partial charge in [0, 0.05) is 18.3 Å². The standard InChI is InChI=1S/C24H25N3O3/c1-2-3-11-21-16-26(23(28)17-27(21)24(29)22-13-14-30-25-22)20-12-7-10-19(15-20)18-8-5-4-6-9-18/h4-10,12-15,21H,2-3,11,16-17H2,1H3. The summed E-state index contributed by atoms with van der Waals surface area (Å²) in [6, 6.07) is 19.6. The monoisotopic (exact) mass is 403 g/mol. The normalized spacial score (nSPS) is 16.7. The fourth-order valence-electron chi connectivity index (χ4n) is 3.90. The summed E-state index contributed by atoms with van der Waals surface area (Å²) >= 11 is 0. The average Bonchev–Trinajstić information content (AvgIpc) is 3.33. The zero-order valence-electron chi connectivity index (χ0n) is 17.0. The number of benzene rings is 2. The zero-order chi connectivity index (χ0) is 20.9. The van der Waals surface area contributed by atoms with Gasteiger partial charge in [0.05, 0.1) is 6.04 Å². The van der Waals surface area contributed by atoms with Gasteiger partial charge in [0.2, 0.25) is 5.91 Å². The lowest BCUT2D eigenvalue weighted by atomic mass is 10.0. The molecule has 30 heavy (non-hydrogen) atoms. The number of carbonyl (C=O) groups is 2. The van der Waals surface area contributed by atoms with Gasteiger partial charge in [-0.05, 0) is 29.7 Å². The summed E-state index contributed by atoms with van der Waals surface area (Å²) in [5, 5.41) is 3.76. The highest BCUT2D eigenvalue weighted by atomic mass is 16.5. The predicted octanol–water partition coefficient (Wildman–Crippen LogP) is 4.39. The third kappa shape index (κ3) is 4.13. The largest absolute Gasteiger partial charge is 0.364 e. The molecule has 154 valence electrons. The van der Waals surface area contributed by atoms with Crippen molar-refractivity contribution in [2.45, 2.75) is 32.2 Å². The van der Waals surface area contributed by atoms with Crippen molar-refractivity contribution in [3.8, 4) is 11.1 Å². The summed E-state index contributed by atoms with van der Waals surface area (Å²) in [5.74, 6) is -0.347. The molecule has 0 spiro atoms. The minimum Gasteiger partial charge on any atom is -0.364 e. The Balaban J connectivity index is 1.60. The molecule has 2 aromatic carbocycles. The molecule has 0 saturated carbocycles. The first kappa shape index (κ1) is 19.9. The molecule has 0 aliphatic carbocycles. The van der Waals surface area contributed by atoms with E-state index in [-0.39, 0.29) is 30.1 Å². The summed E-state index contributed by atoms with van der Waals surface area (Å²) in [7, 11) is 0. The fraction of sp³-hybridized carbons (Fsp3) is 0.292. The van der Waals surface area contributed by atoms with E-state index in [2.05, 4.69) is 24.2 Å². The highest BCUT2D eigenvalue weighted by molar-refractivity contribution is 6.01. The number of hydrogen-bond acceptors (Lipinski definition) is 4. The van der Waals surface area contributed by atoms with Gasteiger partial charge in [-0.2, -0.15) is 0 Å². The molecule has 2 amide bonds. The molecule has 1 unspecified atom stereocenters. The van der Waals surface area contributed by atoms with Crippen LogP contribution in [0.15, 0.2) is 71.4 Å². The van der Waals surface area contributed by atoms with Crippen LogP contribution in [0.1, 0.15) is 36.7 Å².